The van der Waals surface area contributed by atoms with Gasteiger partial charge in [0.05, 0.1) is 24.5 Å². The van der Waals surface area contributed by atoms with E-state index in [-0.39, 0.29) is 18.4 Å². The number of ether oxygens (including phenoxy) is 2. The van der Waals surface area contributed by atoms with E-state index in [0.717, 1.165) is 41.3 Å². The molecule has 0 unspecified atom stereocenters. The standard InChI is InChI=1S/C29H31N3O4/c1-3-35-26-10-5-4-9-24(26)30-13-15-31(16-14-30)29(34)23-8-6-7-22(18-23)19-32-25-12-11-21(2)17-27(25)36-20-28(32)33/h4-12,17-18H,3,13-16,19-20H2,1-2H3. The number of amides is 2. The van der Waals surface area contributed by atoms with Crippen LogP contribution < -0.4 is 19.3 Å². The second kappa shape index (κ2) is 10.3. The molecule has 2 aliphatic rings. The number of hydrogen-bond acceptors (Lipinski definition) is 5. The maximum absolute atomic E-state index is 13.3. The summed E-state index contributed by atoms with van der Waals surface area (Å²) in [6.45, 7) is 7.77. The Hall–Kier alpha value is -4.00. The topological polar surface area (TPSA) is 62.3 Å². The van der Waals surface area contributed by atoms with Gasteiger partial charge in [-0.05, 0) is 61.4 Å². The molecule has 0 saturated carbocycles. The van der Waals surface area contributed by atoms with Crippen LogP contribution in [0.15, 0.2) is 66.7 Å². The van der Waals surface area contributed by atoms with Crippen LogP contribution in [0, 0.1) is 6.92 Å². The van der Waals surface area contributed by atoms with Crippen molar-refractivity contribution in [2.75, 3.05) is 49.2 Å². The zero-order chi connectivity index (χ0) is 25.1. The number of anilines is 2. The quantitative estimate of drug-likeness (QED) is 0.522. The number of nitrogens with zero attached hydrogens (tertiary/aromatic N) is 3. The molecule has 1 saturated heterocycles. The van der Waals surface area contributed by atoms with E-state index in [9.17, 15) is 9.59 Å². The van der Waals surface area contributed by atoms with Crippen molar-refractivity contribution in [3.8, 4) is 11.5 Å². The lowest BCUT2D eigenvalue weighted by molar-refractivity contribution is -0.121. The number of fused-ring (bicyclic) bond motifs is 1. The van der Waals surface area contributed by atoms with E-state index in [0.29, 0.717) is 37.6 Å². The Bertz CT molecular complexity index is 1270. The van der Waals surface area contributed by atoms with Crippen molar-refractivity contribution in [3.63, 3.8) is 0 Å². The van der Waals surface area contributed by atoms with Gasteiger partial charge in [-0.2, -0.15) is 0 Å². The highest BCUT2D eigenvalue weighted by Gasteiger charge is 2.27. The molecule has 0 spiro atoms. The van der Waals surface area contributed by atoms with Gasteiger partial charge in [-0.15, -0.1) is 0 Å². The van der Waals surface area contributed by atoms with Crippen LogP contribution in [0.1, 0.15) is 28.4 Å². The van der Waals surface area contributed by atoms with Crippen LogP contribution in [0.5, 0.6) is 11.5 Å². The summed E-state index contributed by atoms with van der Waals surface area (Å²) in [5.41, 5.74) is 4.46. The first kappa shape index (κ1) is 23.7. The Balaban J connectivity index is 1.27. The predicted octanol–water partition coefficient (Wildman–Crippen LogP) is 4.28. The van der Waals surface area contributed by atoms with Crippen LogP contribution in [0.2, 0.25) is 0 Å². The van der Waals surface area contributed by atoms with Crippen molar-refractivity contribution in [1.29, 1.82) is 0 Å². The lowest BCUT2D eigenvalue weighted by atomic mass is 10.1. The third kappa shape index (κ3) is 4.87. The molecule has 0 aromatic heterocycles. The van der Waals surface area contributed by atoms with Crippen molar-refractivity contribution < 1.29 is 19.1 Å². The Labute approximate surface area is 211 Å². The molecule has 186 valence electrons. The summed E-state index contributed by atoms with van der Waals surface area (Å²) >= 11 is 0. The van der Waals surface area contributed by atoms with Crippen molar-refractivity contribution >= 4 is 23.2 Å². The van der Waals surface area contributed by atoms with Gasteiger partial charge in [0.25, 0.3) is 11.8 Å². The third-order valence-electron chi connectivity index (χ3n) is 6.65. The minimum Gasteiger partial charge on any atom is -0.492 e. The highest BCUT2D eigenvalue weighted by Crippen LogP contribution is 2.34. The van der Waals surface area contributed by atoms with Gasteiger partial charge < -0.3 is 24.2 Å². The number of piperazine rings is 1. The molecule has 2 amide bonds. The first-order valence-corrected chi connectivity index (χ1v) is 12.4. The Morgan fingerprint density at radius 3 is 2.56 bits per heavy atom. The molecule has 0 N–H and O–H groups in total. The molecule has 2 heterocycles. The summed E-state index contributed by atoms with van der Waals surface area (Å²) in [6, 6.07) is 21.5. The van der Waals surface area contributed by atoms with Crippen LogP contribution in [0.4, 0.5) is 11.4 Å². The molecule has 36 heavy (non-hydrogen) atoms. The average molecular weight is 486 g/mol. The molecule has 0 radical (unpaired) electrons. The summed E-state index contributed by atoms with van der Waals surface area (Å²) < 4.78 is 11.4. The predicted molar refractivity (Wildman–Crippen MR) is 140 cm³/mol. The molecule has 0 atom stereocenters. The fourth-order valence-corrected chi connectivity index (χ4v) is 4.80. The zero-order valence-corrected chi connectivity index (χ0v) is 20.8. The van der Waals surface area contributed by atoms with Crippen LogP contribution >= 0.6 is 0 Å². The third-order valence-corrected chi connectivity index (χ3v) is 6.65. The van der Waals surface area contributed by atoms with E-state index in [1.54, 1.807) is 4.90 Å². The summed E-state index contributed by atoms with van der Waals surface area (Å²) in [7, 11) is 0. The second-order valence-corrected chi connectivity index (χ2v) is 9.12. The van der Waals surface area contributed by atoms with Gasteiger partial charge in [-0.1, -0.05) is 30.3 Å². The number of rotatable bonds is 6. The first-order chi connectivity index (χ1) is 17.5. The van der Waals surface area contributed by atoms with Gasteiger partial charge in [0.15, 0.2) is 6.61 Å². The molecule has 3 aromatic rings. The highest BCUT2D eigenvalue weighted by molar-refractivity contribution is 5.98. The number of carbonyl (C=O) groups is 2. The van der Waals surface area contributed by atoms with Crippen LogP contribution in [0.25, 0.3) is 0 Å². The molecule has 7 nitrogen and oxygen atoms in total. The maximum Gasteiger partial charge on any atom is 0.265 e. The molecule has 0 aliphatic carbocycles. The number of benzene rings is 3. The van der Waals surface area contributed by atoms with Crippen molar-refractivity contribution in [2.24, 2.45) is 0 Å². The van der Waals surface area contributed by atoms with E-state index >= 15 is 0 Å². The van der Waals surface area contributed by atoms with Gasteiger partial charge >= 0.3 is 0 Å². The molecule has 2 aliphatic heterocycles. The molecular weight excluding hydrogens is 454 g/mol. The average Bonchev–Trinajstić information content (AvgIpc) is 2.91. The van der Waals surface area contributed by atoms with Crippen LogP contribution in [-0.4, -0.2) is 56.1 Å². The summed E-state index contributed by atoms with van der Waals surface area (Å²) in [4.78, 5) is 31.9. The summed E-state index contributed by atoms with van der Waals surface area (Å²) in [6.07, 6.45) is 0. The normalized spacial score (nSPS) is 15.4. The Morgan fingerprint density at radius 1 is 0.944 bits per heavy atom. The van der Waals surface area contributed by atoms with Gasteiger partial charge in [0.2, 0.25) is 0 Å². The van der Waals surface area contributed by atoms with Gasteiger partial charge in [0.1, 0.15) is 11.5 Å². The van der Waals surface area contributed by atoms with E-state index in [2.05, 4.69) is 11.0 Å². The van der Waals surface area contributed by atoms with Gasteiger partial charge in [-0.25, -0.2) is 0 Å². The Kier molecular flexibility index (Phi) is 6.80. The van der Waals surface area contributed by atoms with Crippen molar-refractivity contribution in [2.45, 2.75) is 20.4 Å². The van der Waals surface area contributed by atoms with Gasteiger partial charge in [0, 0.05) is 31.7 Å². The second-order valence-electron chi connectivity index (χ2n) is 9.12. The fraction of sp³-hybridized carbons (Fsp3) is 0.310. The van der Waals surface area contributed by atoms with Gasteiger partial charge in [-0.3, -0.25) is 9.59 Å². The van der Waals surface area contributed by atoms with E-state index in [4.69, 9.17) is 9.47 Å². The minimum absolute atomic E-state index is 0.0129. The summed E-state index contributed by atoms with van der Waals surface area (Å²) in [5, 5.41) is 0. The van der Waals surface area contributed by atoms with E-state index < -0.39 is 0 Å². The number of para-hydroxylation sites is 2. The number of carbonyl (C=O) groups excluding carboxylic acids is 2. The summed E-state index contributed by atoms with van der Waals surface area (Å²) in [5.74, 6) is 1.51. The smallest absolute Gasteiger partial charge is 0.265 e. The lowest BCUT2D eigenvalue weighted by Crippen LogP contribution is -2.48. The SMILES string of the molecule is CCOc1ccccc1N1CCN(C(=O)c2cccc(CN3C(=O)COc4cc(C)ccc43)c2)CC1. The molecule has 5 rings (SSSR count). The van der Waals surface area contributed by atoms with Crippen LogP contribution in [-0.2, 0) is 11.3 Å². The van der Waals surface area contributed by atoms with Crippen molar-refractivity contribution in [1.82, 2.24) is 4.90 Å². The molecular formula is C29H31N3O4. The lowest BCUT2D eigenvalue weighted by Gasteiger charge is -2.36. The maximum atomic E-state index is 13.3. The van der Waals surface area contributed by atoms with Crippen LogP contribution in [0.3, 0.4) is 0 Å². The number of hydrogen-bond donors (Lipinski definition) is 0. The first-order valence-electron chi connectivity index (χ1n) is 12.4. The highest BCUT2D eigenvalue weighted by atomic mass is 16.5. The monoisotopic (exact) mass is 485 g/mol. The minimum atomic E-state index is -0.0912. The molecule has 1 fully saturated rings. The number of aryl methyl sites for hydroxylation is 1. The Morgan fingerprint density at radius 2 is 1.75 bits per heavy atom. The molecule has 0 bridgehead atoms. The fourth-order valence-electron chi connectivity index (χ4n) is 4.80. The van der Waals surface area contributed by atoms with Crippen molar-refractivity contribution in [3.05, 3.63) is 83.4 Å². The molecule has 3 aromatic carbocycles. The zero-order valence-electron chi connectivity index (χ0n) is 20.8. The largest absolute Gasteiger partial charge is 0.492 e. The molecule has 7 heteroatoms. The van der Waals surface area contributed by atoms with E-state index in [1.165, 1.54) is 0 Å². The van der Waals surface area contributed by atoms with E-state index in [1.807, 2.05) is 79.4 Å².